The molecule has 2 aliphatic heterocycles. The maximum atomic E-state index is 13.1. The predicted octanol–water partition coefficient (Wildman–Crippen LogP) is 2.96. The highest BCUT2D eigenvalue weighted by Gasteiger charge is 2.42. The van der Waals surface area contributed by atoms with Crippen LogP contribution in [0.5, 0.6) is 0 Å². The Kier molecular flexibility index (Phi) is 3.15. The van der Waals surface area contributed by atoms with Crippen LogP contribution < -0.4 is 0 Å². The van der Waals surface area contributed by atoms with E-state index in [9.17, 15) is 12.8 Å². The Labute approximate surface area is 116 Å². The molecule has 0 N–H and O–H groups in total. The molecule has 3 rings (SSSR count). The molecule has 0 amide bonds. The highest BCUT2D eigenvalue weighted by atomic mass is 35.5. The zero-order valence-corrected chi connectivity index (χ0v) is 11.7. The lowest BCUT2D eigenvalue weighted by atomic mass is 10.2. The molecule has 1 fully saturated rings. The van der Waals surface area contributed by atoms with Gasteiger partial charge in [0.15, 0.2) is 0 Å². The Balaban J connectivity index is 2.03. The maximum Gasteiger partial charge on any atom is 0.243 e. The van der Waals surface area contributed by atoms with Crippen molar-refractivity contribution in [2.75, 3.05) is 0 Å². The zero-order valence-electron chi connectivity index (χ0n) is 10.1. The molecule has 6 heteroatoms. The Morgan fingerprint density at radius 2 is 2.11 bits per heavy atom. The van der Waals surface area contributed by atoms with Crippen LogP contribution in [0, 0.1) is 5.82 Å². The standard InChI is InChI=1S/C13H13ClFNO2S/c14-12-8-11(6-7-13(12)15)19(17,18)16-9-2-1-3-10(16)5-4-9/h1-2,6-10H,3-5H2. The summed E-state index contributed by atoms with van der Waals surface area (Å²) in [4.78, 5) is 0.0612. The second-order valence-corrected chi connectivity index (χ2v) is 7.12. The normalized spacial score (nSPS) is 26.8. The fraction of sp³-hybridized carbons (Fsp3) is 0.385. The SMILES string of the molecule is O=S(=O)(c1ccc(F)c(Cl)c1)N1C2C=CCC1CC2. The van der Waals surface area contributed by atoms with Crippen molar-refractivity contribution in [3.05, 3.63) is 41.2 Å². The van der Waals surface area contributed by atoms with Crippen LogP contribution in [0.2, 0.25) is 5.02 Å². The zero-order chi connectivity index (χ0) is 13.6. The van der Waals surface area contributed by atoms with Gasteiger partial charge in [0.05, 0.1) is 9.92 Å². The quantitative estimate of drug-likeness (QED) is 0.788. The molecule has 0 spiro atoms. The number of hydrogen-bond acceptors (Lipinski definition) is 2. The minimum Gasteiger partial charge on any atom is -0.207 e. The molecule has 3 nitrogen and oxygen atoms in total. The molecule has 2 aliphatic rings. The average Bonchev–Trinajstić information content (AvgIpc) is 2.64. The van der Waals surface area contributed by atoms with Crippen molar-refractivity contribution in [3.8, 4) is 0 Å². The molecule has 0 radical (unpaired) electrons. The van der Waals surface area contributed by atoms with Gasteiger partial charge in [-0.25, -0.2) is 12.8 Å². The van der Waals surface area contributed by atoms with Gasteiger partial charge in [-0.3, -0.25) is 0 Å². The third-order valence-corrected chi connectivity index (χ3v) is 5.98. The summed E-state index contributed by atoms with van der Waals surface area (Å²) >= 11 is 5.68. The first-order chi connectivity index (χ1) is 9.00. The van der Waals surface area contributed by atoms with Crippen LogP contribution in [-0.4, -0.2) is 24.8 Å². The van der Waals surface area contributed by atoms with E-state index in [1.165, 1.54) is 16.4 Å². The largest absolute Gasteiger partial charge is 0.243 e. The number of halogens is 2. The lowest BCUT2D eigenvalue weighted by molar-refractivity contribution is 0.341. The molecule has 102 valence electrons. The lowest BCUT2D eigenvalue weighted by Gasteiger charge is -2.30. The number of nitrogens with zero attached hydrogens (tertiary/aromatic N) is 1. The molecule has 0 saturated carbocycles. The number of benzene rings is 1. The van der Waals surface area contributed by atoms with Gasteiger partial charge in [-0.2, -0.15) is 4.31 Å². The average molecular weight is 302 g/mol. The van der Waals surface area contributed by atoms with E-state index in [0.29, 0.717) is 0 Å². The summed E-state index contributed by atoms with van der Waals surface area (Å²) in [5.74, 6) is -0.609. The maximum absolute atomic E-state index is 13.1. The van der Waals surface area contributed by atoms with Gasteiger partial charge in [-0.05, 0) is 37.5 Å². The Bertz CT molecular complexity index is 644. The first kappa shape index (κ1) is 13.1. The van der Waals surface area contributed by atoms with E-state index in [4.69, 9.17) is 11.6 Å². The van der Waals surface area contributed by atoms with Crippen molar-refractivity contribution in [2.24, 2.45) is 0 Å². The van der Waals surface area contributed by atoms with Crippen molar-refractivity contribution in [2.45, 2.75) is 36.2 Å². The Morgan fingerprint density at radius 3 is 2.79 bits per heavy atom. The minimum absolute atomic E-state index is 0.0174. The molecular formula is C13H13ClFNO2S. The van der Waals surface area contributed by atoms with Crippen LogP contribution in [0.25, 0.3) is 0 Å². The summed E-state index contributed by atoms with van der Waals surface area (Å²) < 4.78 is 39.9. The van der Waals surface area contributed by atoms with Gasteiger partial charge < -0.3 is 0 Å². The summed E-state index contributed by atoms with van der Waals surface area (Å²) in [5, 5.41) is -0.166. The van der Waals surface area contributed by atoms with Gasteiger partial charge in [0.25, 0.3) is 0 Å². The molecule has 0 aromatic heterocycles. The molecule has 1 saturated heterocycles. The second-order valence-electron chi connectivity index (χ2n) is 4.87. The van der Waals surface area contributed by atoms with Crippen molar-refractivity contribution in [3.63, 3.8) is 0 Å². The molecular weight excluding hydrogens is 289 g/mol. The third-order valence-electron chi connectivity index (χ3n) is 3.72. The van der Waals surface area contributed by atoms with Gasteiger partial charge >= 0.3 is 0 Å². The fourth-order valence-electron chi connectivity index (χ4n) is 2.82. The van der Waals surface area contributed by atoms with Crippen molar-refractivity contribution in [1.29, 1.82) is 0 Å². The van der Waals surface area contributed by atoms with E-state index in [0.717, 1.165) is 25.3 Å². The minimum atomic E-state index is -3.61. The lowest BCUT2D eigenvalue weighted by Crippen LogP contribution is -2.41. The molecule has 2 bridgehead atoms. The Hall–Kier alpha value is -0.910. The van der Waals surface area contributed by atoms with Gasteiger partial charge in [0.1, 0.15) is 5.82 Å². The first-order valence-electron chi connectivity index (χ1n) is 6.15. The van der Waals surface area contributed by atoms with E-state index >= 15 is 0 Å². The van der Waals surface area contributed by atoms with E-state index in [2.05, 4.69) is 0 Å². The summed E-state index contributed by atoms with van der Waals surface area (Å²) in [6.07, 6.45) is 6.42. The van der Waals surface area contributed by atoms with Crippen molar-refractivity contribution >= 4 is 21.6 Å². The van der Waals surface area contributed by atoms with Crippen LogP contribution in [-0.2, 0) is 10.0 Å². The number of fused-ring (bicyclic) bond motifs is 2. The van der Waals surface area contributed by atoms with Crippen molar-refractivity contribution in [1.82, 2.24) is 4.31 Å². The highest BCUT2D eigenvalue weighted by molar-refractivity contribution is 7.89. The van der Waals surface area contributed by atoms with E-state index in [1.54, 1.807) is 0 Å². The van der Waals surface area contributed by atoms with Crippen LogP contribution >= 0.6 is 11.6 Å². The molecule has 2 unspecified atom stereocenters. The second kappa shape index (κ2) is 4.58. The van der Waals surface area contributed by atoms with Crippen LogP contribution in [0.1, 0.15) is 19.3 Å². The van der Waals surface area contributed by atoms with Crippen molar-refractivity contribution < 1.29 is 12.8 Å². The molecule has 1 aromatic rings. The van der Waals surface area contributed by atoms with Crippen LogP contribution in [0.4, 0.5) is 4.39 Å². The van der Waals surface area contributed by atoms with E-state index in [-0.39, 0.29) is 22.0 Å². The summed E-state index contributed by atoms with van der Waals surface area (Å²) in [6.45, 7) is 0. The fourth-order valence-corrected chi connectivity index (χ4v) is 4.93. The molecule has 2 atom stereocenters. The van der Waals surface area contributed by atoms with Gasteiger partial charge in [0, 0.05) is 12.1 Å². The van der Waals surface area contributed by atoms with Crippen LogP contribution in [0.15, 0.2) is 35.2 Å². The van der Waals surface area contributed by atoms with Crippen LogP contribution in [0.3, 0.4) is 0 Å². The number of sulfonamides is 1. The third kappa shape index (κ3) is 2.10. The van der Waals surface area contributed by atoms with Gasteiger partial charge in [-0.15, -0.1) is 0 Å². The summed E-state index contributed by atoms with van der Waals surface area (Å²) in [6, 6.07) is 3.49. The smallest absolute Gasteiger partial charge is 0.207 e. The number of rotatable bonds is 2. The molecule has 2 heterocycles. The molecule has 0 aliphatic carbocycles. The Morgan fingerprint density at radius 1 is 1.32 bits per heavy atom. The number of hydrogen-bond donors (Lipinski definition) is 0. The summed E-state index contributed by atoms with van der Waals surface area (Å²) in [5.41, 5.74) is 0. The van der Waals surface area contributed by atoms with Gasteiger partial charge in [-0.1, -0.05) is 23.8 Å². The summed E-state index contributed by atoms with van der Waals surface area (Å²) in [7, 11) is -3.61. The first-order valence-corrected chi connectivity index (χ1v) is 7.97. The van der Waals surface area contributed by atoms with E-state index in [1.807, 2.05) is 12.2 Å². The van der Waals surface area contributed by atoms with E-state index < -0.39 is 15.8 Å². The topological polar surface area (TPSA) is 37.4 Å². The van der Waals surface area contributed by atoms with Gasteiger partial charge in [0.2, 0.25) is 10.0 Å². The predicted molar refractivity (Wildman–Crippen MR) is 71.0 cm³/mol. The monoisotopic (exact) mass is 301 g/mol. The molecule has 19 heavy (non-hydrogen) atoms. The highest BCUT2D eigenvalue weighted by Crippen LogP contribution is 2.36. The molecule has 1 aromatic carbocycles.